The summed E-state index contributed by atoms with van der Waals surface area (Å²) in [5, 5.41) is 3.45. The zero-order valence-corrected chi connectivity index (χ0v) is 10.5. The average Bonchev–Trinajstić information content (AvgIpc) is 2.83. The SMILES string of the molecule is CCNc1ncc(Cl)c(OCC2CCOC2)n1. The lowest BCUT2D eigenvalue weighted by Gasteiger charge is -2.11. The van der Waals surface area contributed by atoms with Crippen LogP contribution in [0.5, 0.6) is 5.88 Å². The molecule has 1 fully saturated rings. The molecule has 1 aromatic rings. The van der Waals surface area contributed by atoms with Crippen LogP contribution in [0.4, 0.5) is 5.95 Å². The number of hydrogen-bond donors (Lipinski definition) is 1. The summed E-state index contributed by atoms with van der Waals surface area (Å²) < 4.78 is 10.9. The van der Waals surface area contributed by atoms with E-state index in [9.17, 15) is 0 Å². The summed E-state index contributed by atoms with van der Waals surface area (Å²) in [4.78, 5) is 8.26. The lowest BCUT2D eigenvalue weighted by Crippen LogP contribution is -2.13. The number of ether oxygens (including phenoxy) is 2. The van der Waals surface area contributed by atoms with Gasteiger partial charge in [0.05, 0.1) is 19.4 Å². The van der Waals surface area contributed by atoms with Gasteiger partial charge in [-0.05, 0) is 13.3 Å². The molecule has 0 spiro atoms. The number of hydrogen-bond acceptors (Lipinski definition) is 5. The fraction of sp³-hybridized carbons (Fsp3) is 0.636. The maximum absolute atomic E-state index is 5.97. The highest BCUT2D eigenvalue weighted by atomic mass is 35.5. The smallest absolute Gasteiger partial charge is 0.237 e. The topological polar surface area (TPSA) is 56.3 Å². The van der Waals surface area contributed by atoms with Gasteiger partial charge in [-0.15, -0.1) is 0 Å². The number of anilines is 1. The number of nitrogens with zero attached hydrogens (tertiary/aromatic N) is 2. The van der Waals surface area contributed by atoms with E-state index in [0.717, 1.165) is 26.2 Å². The van der Waals surface area contributed by atoms with E-state index in [2.05, 4.69) is 15.3 Å². The standard InChI is InChI=1S/C11H16ClN3O2/c1-2-13-11-14-5-9(12)10(15-11)17-7-8-3-4-16-6-8/h5,8H,2-4,6-7H2,1H3,(H,13,14,15). The van der Waals surface area contributed by atoms with E-state index in [4.69, 9.17) is 21.1 Å². The molecule has 0 saturated carbocycles. The number of rotatable bonds is 5. The third-order valence-electron chi connectivity index (χ3n) is 2.53. The van der Waals surface area contributed by atoms with Crippen molar-refractivity contribution < 1.29 is 9.47 Å². The van der Waals surface area contributed by atoms with Gasteiger partial charge in [0.1, 0.15) is 5.02 Å². The van der Waals surface area contributed by atoms with Crippen LogP contribution < -0.4 is 10.1 Å². The van der Waals surface area contributed by atoms with Gasteiger partial charge in [-0.3, -0.25) is 0 Å². The highest BCUT2D eigenvalue weighted by molar-refractivity contribution is 6.31. The molecule has 0 amide bonds. The number of halogens is 1. The molecule has 0 aliphatic carbocycles. The Morgan fingerprint density at radius 3 is 3.24 bits per heavy atom. The highest BCUT2D eigenvalue weighted by Gasteiger charge is 2.17. The molecule has 1 N–H and O–H groups in total. The highest BCUT2D eigenvalue weighted by Crippen LogP contribution is 2.23. The molecule has 5 nitrogen and oxygen atoms in total. The van der Waals surface area contributed by atoms with E-state index in [1.807, 2.05) is 6.92 Å². The van der Waals surface area contributed by atoms with Crippen molar-refractivity contribution in [2.75, 3.05) is 31.7 Å². The van der Waals surface area contributed by atoms with Gasteiger partial charge in [-0.1, -0.05) is 11.6 Å². The molecule has 2 heterocycles. The minimum Gasteiger partial charge on any atom is -0.476 e. The van der Waals surface area contributed by atoms with E-state index in [1.54, 1.807) is 6.20 Å². The first kappa shape index (κ1) is 12.4. The average molecular weight is 258 g/mol. The molecule has 1 aliphatic heterocycles. The Kier molecular flexibility index (Phi) is 4.39. The van der Waals surface area contributed by atoms with E-state index in [-0.39, 0.29) is 0 Å². The number of aromatic nitrogens is 2. The van der Waals surface area contributed by atoms with Gasteiger partial charge >= 0.3 is 0 Å². The van der Waals surface area contributed by atoms with Crippen molar-refractivity contribution >= 4 is 17.5 Å². The summed E-state index contributed by atoms with van der Waals surface area (Å²) in [6.45, 7) is 4.89. The molecule has 1 atom stereocenters. The van der Waals surface area contributed by atoms with Crippen LogP contribution in [-0.4, -0.2) is 36.3 Å². The van der Waals surface area contributed by atoms with Crippen LogP contribution in [0.1, 0.15) is 13.3 Å². The molecular weight excluding hydrogens is 242 g/mol. The minimum atomic E-state index is 0.434. The summed E-state index contributed by atoms with van der Waals surface area (Å²) in [6, 6.07) is 0. The Morgan fingerprint density at radius 2 is 2.53 bits per heavy atom. The Morgan fingerprint density at radius 1 is 1.65 bits per heavy atom. The maximum Gasteiger partial charge on any atom is 0.237 e. The van der Waals surface area contributed by atoms with Gasteiger partial charge in [-0.2, -0.15) is 4.98 Å². The first-order valence-corrected chi connectivity index (χ1v) is 6.14. The molecule has 0 aromatic carbocycles. The van der Waals surface area contributed by atoms with Gasteiger partial charge in [0.25, 0.3) is 0 Å². The molecular formula is C11H16ClN3O2. The molecule has 0 bridgehead atoms. The van der Waals surface area contributed by atoms with Gasteiger partial charge in [0.2, 0.25) is 11.8 Å². The molecule has 1 aliphatic rings. The monoisotopic (exact) mass is 257 g/mol. The molecule has 1 unspecified atom stereocenters. The fourth-order valence-electron chi connectivity index (χ4n) is 1.61. The summed E-state index contributed by atoms with van der Waals surface area (Å²) in [5.41, 5.74) is 0. The van der Waals surface area contributed by atoms with E-state index in [0.29, 0.717) is 29.4 Å². The lowest BCUT2D eigenvalue weighted by molar-refractivity contribution is 0.165. The van der Waals surface area contributed by atoms with Crippen LogP contribution >= 0.6 is 11.6 Å². The zero-order valence-electron chi connectivity index (χ0n) is 9.78. The molecule has 17 heavy (non-hydrogen) atoms. The maximum atomic E-state index is 5.97. The second kappa shape index (κ2) is 6.02. The predicted molar refractivity (Wildman–Crippen MR) is 65.6 cm³/mol. The predicted octanol–water partition coefficient (Wildman–Crippen LogP) is 1.98. The van der Waals surface area contributed by atoms with Crippen molar-refractivity contribution in [3.8, 4) is 5.88 Å². The Hall–Kier alpha value is -1.07. The van der Waals surface area contributed by atoms with Crippen LogP contribution in [0.3, 0.4) is 0 Å². The normalized spacial score (nSPS) is 19.3. The van der Waals surface area contributed by atoms with Crippen LogP contribution in [0.15, 0.2) is 6.20 Å². The van der Waals surface area contributed by atoms with Crippen molar-refractivity contribution in [2.45, 2.75) is 13.3 Å². The Labute approximate surface area is 105 Å². The summed E-state index contributed by atoms with van der Waals surface area (Å²) >= 11 is 5.97. The second-order valence-corrected chi connectivity index (χ2v) is 4.32. The van der Waals surface area contributed by atoms with Crippen molar-refractivity contribution in [2.24, 2.45) is 5.92 Å². The van der Waals surface area contributed by atoms with Crippen molar-refractivity contribution in [1.29, 1.82) is 0 Å². The summed E-state index contributed by atoms with van der Waals surface area (Å²) in [7, 11) is 0. The van der Waals surface area contributed by atoms with Gasteiger partial charge < -0.3 is 14.8 Å². The third-order valence-corrected chi connectivity index (χ3v) is 2.79. The molecule has 2 rings (SSSR count). The molecule has 94 valence electrons. The van der Waals surface area contributed by atoms with Crippen molar-refractivity contribution in [3.05, 3.63) is 11.2 Å². The number of nitrogens with one attached hydrogen (secondary N) is 1. The fourth-order valence-corrected chi connectivity index (χ4v) is 1.75. The molecule has 0 radical (unpaired) electrons. The minimum absolute atomic E-state index is 0.434. The summed E-state index contributed by atoms with van der Waals surface area (Å²) in [5.74, 6) is 1.41. The first-order chi connectivity index (χ1) is 8.29. The Balaban J connectivity index is 1.95. The molecule has 1 aromatic heterocycles. The van der Waals surface area contributed by atoms with Crippen molar-refractivity contribution in [1.82, 2.24) is 9.97 Å². The zero-order chi connectivity index (χ0) is 12.1. The largest absolute Gasteiger partial charge is 0.476 e. The van der Waals surface area contributed by atoms with Gasteiger partial charge in [0.15, 0.2) is 0 Å². The molecule has 6 heteroatoms. The molecule has 1 saturated heterocycles. The van der Waals surface area contributed by atoms with Gasteiger partial charge in [-0.25, -0.2) is 4.98 Å². The van der Waals surface area contributed by atoms with Crippen LogP contribution in [0.25, 0.3) is 0 Å². The lowest BCUT2D eigenvalue weighted by atomic mass is 10.1. The summed E-state index contributed by atoms with van der Waals surface area (Å²) in [6.07, 6.45) is 2.58. The first-order valence-electron chi connectivity index (χ1n) is 5.76. The van der Waals surface area contributed by atoms with Crippen LogP contribution in [0, 0.1) is 5.92 Å². The second-order valence-electron chi connectivity index (χ2n) is 3.92. The van der Waals surface area contributed by atoms with Gasteiger partial charge in [0, 0.05) is 19.1 Å². The van der Waals surface area contributed by atoms with E-state index in [1.165, 1.54) is 0 Å². The van der Waals surface area contributed by atoms with E-state index < -0.39 is 0 Å². The van der Waals surface area contributed by atoms with Crippen LogP contribution in [-0.2, 0) is 4.74 Å². The quantitative estimate of drug-likeness (QED) is 0.874. The van der Waals surface area contributed by atoms with Crippen LogP contribution in [0.2, 0.25) is 5.02 Å². The van der Waals surface area contributed by atoms with E-state index >= 15 is 0 Å². The third kappa shape index (κ3) is 3.44. The van der Waals surface area contributed by atoms with Crippen molar-refractivity contribution in [3.63, 3.8) is 0 Å². The Bertz CT molecular complexity index is 370.